The van der Waals surface area contributed by atoms with Crippen molar-refractivity contribution in [3.8, 4) is 0 Å². The lowest BCUT2D eigenvalue weighted by molar-refractivity contribution is 0.0938. The molecule has 0 saturated carbocycles. The normalized spacial score (nSPS) is 16.2. The fourth-order valence-corrected chi connectivity index (χ4v) is 3.48. The Kier molecular flexibility index (Phi) is 3.46. The third kappa shape index (κ3) is 2.24. The van der Waals surface area contributed by atoms with Crippen molar-refractivity contribution in [2.75, 3.05) is 6.26 Å². The lowest BCUT2D eigenvalue weighted by Gasteiger charge is -2.12. The topological polar surface area (TPSA) is 59.3 Å². The minimum Gasteiger partial charge on any atom is -0.450 e. The fourth-order valence-electron chi connectivity index (χ4n) is 3.07. The van der Waals surface area contributed by atoms with Crippen molar-refractivity contribution >= 4 is 28.6 Å². The van der Waals surface area contributed by atoms with E-state index in [1.165, 1.54) is 0 Å². The van der Waals surface area contributed by atoms with Gasteiger partial charge in [-0.05, 0) is 43.0 Å². The van der Waals surface area contributed by atoms with E-state index in [2.05, 4.69) is 5.32 Å². The van der Waals surface area contributed by atoms with Crippen molar-refractivity contribution < 1.29 is 9.21 Å². The highest BCUT2D eigenvalue weighted by Crippen LogP contribution is 2.31. The van der Waals surface area contributed by atoms with Gasteiger partial charge in [0.15, 0.2) is 5.43 Å². The Hall–Kier alpha value is -2.53. The van der Waals surface area contributed by atoms with Gasteiger partial charge in [-0.2, -0.15) is 0 Å². The summed E-state index contributed by atoms with van der Waals surface area (Å²) >= 11 is 1.65. The molecule has 0 fully saturated rings. The Labute approximate surface area is 142 Å². The SMILES string of the molecule is CSc1ccc(C2NC(=O)c3oc4ccc(C)cc4c(=O)c32)cc1. The van der Waals surface area contributed by atoms with Gasteiger partial charge in [0.05, 0.1) is 17.0 Å². The smallest absolute Gasteiger partial charge is 0.288 e. The highest BCUT2D eigenvalue weighted by molar-refractivity contribution is 7.98. The van der Waals surface area contributed by atoms with Crippen LogP contribution in [0.2, 0.25) is 0 Å². The van der Waals surface area contributed by atoms with Gasteiger partial charge in [0.1, 0.15) is 5.58 Å². The Balaban J connectivity index is 1.93. The summed E-state index contributed by atoms with van der Waals surface area (Å²) in [7, 11) is 0. The quantitative estimate of drug-likeness (QED) is 0.725. The maximum absolute atomic E-state index is 13.0. The molecule has 0 spiro atoms. The number of nitrogens with one attached hydrogen (secondary N) is 1. The van der Waals surface area contributed by atoms with E-state index in [-0.39, 0.29) is 17.1 Å². The number of thioether (sulfide) groups is 1. The van der Waals surface area contributed by atoms with Gasteiger partial charge in [-0.1, -0.05) is 23.8 Å². The van der Waals surface area contributed by atoms with Crippen LogP contribution in [0.4, 0.5) is 0 Å². The zero-order valence-corrected chi connectivity index (χ0v) is 14.1. The Morgan fingerprint density at radius 1 is 1.08 bits per heavy atom. The predicted octanol–water partition coefficient (Wildman–Crippen LogP) is 3.66. The third-order valence-corrected chi connectivity index (χ3v) is 5.04. The van der Waals surface area contributed by atoms with Crippen LogP contribution in [0.15, 0.2) is 56.6 Å². The first kappa shape index (κ1) is 15.0. The molecule has 1 atom stereocenters. The van der Waals surface area contributed by atoms with E-state index in [0.717, 1.165) is 16.0 Å². The maximum atomic E-state index is 13.0. The standard InChI is InChI=1S/C19H15NO3S/c1-10-3-8-14-13(9-10)17(21)15-16(20-19(22)18(15)23-14)11-4-6-12(24-2)7-5-11/h3-9,16H,1-2H3,(H,20,22). The molecule has 4 nitrogen and oxygen atoms in total. The van der Waals surface area contributed by atoms with E-state index >= 15 is 0 Å². The van der Waals surface area contributed by atoms with E-state index in [4.69, 9.17) is 4.42 Å². The molecule has 2 heterocycles. The van der Waals surface area contributed by atoms with Crippen molar-refractivity contribution in [3.05, 3.63) is 75.1 Å². The van der Waals surface area contributed by atoms with Crippen molar-refractivity contribution in [2.45, 2.75) is 17.9 Å². The van der Waals surface area contributed by atoms with E-state index in [0.29, 0.717) is 16.5 Å². The Bertz CT molecular complexity index is 1020. The maximum Gasteiger partial charge on any atom is 0.288 e. The number of amides is 1. The molecule has 3 aromatic rings. The van der Waals surface area contributed by atoms with Gasteiger partial charge < -0.3 is 9.73 Å². The van der Waals surface area contributed by atoms with Crippen molar-refractivity contribution in [1.82, 2.24) is 5.32 Å². The summed E-state index contributed by atoms with van der Waals surface area (Å²) in [5, 5.41) is 3.37. The summed E-state index contributed by atoms with van der Waals surface area (Å²) in [5.41, 5.74) is 2.55. The summed E-state index contributed by atoms with van der Waals surface area (Å²) in [6, 6.07) is 12.8. The molecule has 2 aromatic carbocycles. The summed E-state index contributed by atoms with van der Waals surface area (Å²) < 4.78 is 5.73. The predicted molar refractivity (Wildman–Crippen MR) is 94.8 cm³/mol. The van der Waals surface area contributed by atoms with Crippen LogP contribution >= 0.6 is 11.8 Å². The first-order valence-electron chi connectivity index (χ1n) is 7.60. The summed E-state index contributed by atoms with van der Waals surface area (Å²) in [6.07, 6.45) is 2.00. The molecule has 0 radical (unpaired) electrons. The molecule has 24 heavy (non-hydrogen) atoms. The molecule has 4 rings (SSSR count). The zero-order chi connectivity index (χ0) is 16.8. The number of aryl methyl sites for hydroxylation is 1. The average molecular weight is 337 g/mol. The molecule has 1 unspecified atom stereocenters. The minimum atomic E-state index is -0.468. The van der Waals surface area contributed by atoms with Gasteiger partial charge in [-0.25, -0.2) is 0 Å². The lowest BCUT2D eigenvalue weighted by Crippen LogP contribution is -2.21. The number of carbonyl (C=O) groups excluding carboxylic acids is 1. The molecule has 5 heteroatoms. The highest BCUT2D eigenvalue weighted by atomic mass is 32.2. The van der Waals surface area contributed by atoms with Crippen molar-refractivity contribution in [2.24, 2.45) is 0 Å². The minimum absolute atomic E-state index is 0.121. The fraction of sp³-hybridized carbons (Fsp3) is 0.158. The number of hydrogen-bond donors (Lipinski definition) is 1. The van der Waals surface area contributed by atoms with Gasteiger partial charge in [-0.3, -0.25) is 9.59 Å². The van der Waals surface area contributed by atoms with E-state index in [1.54, 1.807) is 23.9 Å². The first-order chi connectivity index (χ1) is 11.6. The Morgan fingerprint density at radius 2 is 1.83 bits per heavy atom. The number of hydrogen-bond acceptors (Lipinski definition) is 4. The van der Waals surface area contributed by atoms with Gasteiger partial charge in [0.25, 0.3) is 5.91 Å². The first-order valence-corrected chi connectivity index (χ1v) is 8.83. The summed E-state index contributed by atoms with van der Waals surface area (Å²) in [6.45, 7) is 1.92. The number of benzene rings is 2. The van der Waals surface area contributed by atoms with Crippen LogP contribution in [0, 0.1) is 6.92 Å². The van der Waals surface area contributed by atoms with Gasteiger partial charge >= 0.3 is 0 Å². The number of carbonyl (C=O) groups is 1. The zero-order valence-electron chi connectivity index (χ0n) is 13.3. The van der Waals surface area contributed by atoms with Crippen LogP contribution < -0.4 is 10.7 Å². The highest BCUT2D eigenvalue weighted by Gasteiger charge is 2.35. The average Bonchev–Trinajstić information content (AvgIpc) is 2.93. The van der Waals surface area contributed by atoms with Crippen LogP contribution in [0.5, 0.6) is 0 Å². The van der Waals surface area contributed by atoms with Gasteiger partial charge in [0.2, 0.25) is 5.76 Å². The molecule has 1 aromatic heterocycles. The van der Waals surface area contributed by atoms with Crippen LogP contribution in [0.3, 0.4) is 0 Å². The molecular formula is C19H15NO3S. The largest absolute Gasteiger partial charge is 0.450 e. The van der Waals surface area contributed by atoms with Crippen LogP contribution in [0.25, 0.3) is 11.0 Å². The van der Waals surface area contributed by atoms with E-state index < -0.39 is 6.04 Å². The number of rotatable bonds is 2. The number of fused-ring (bicyclic) bond motifs is 2. The Morgan fingerprint density at radius 3 is 2.54 bits per heavy atom. The summed E-state index contributed by atoms with van der Waals surface area (Å²) in [4.78, 5) is 26.4. The van der Waals surface area contributed by atoms with Crippen LogP contribution in [0.1, 0.15) is 33.3 Å². The molecule has 120 valence electrons. The molecule has 1 aliphatic rings. The lowest BCUT2D eigenvalue weighted by atomic mass is 9.99. The van der Waals surface area contributed by atoms with E-state index in [9.17, 15) is 9.59 Å². The van der Waals surface area contributed by atoms with Crippen LogP contribution in [-0.2, 0) is 0 Å². The second-order valence-corrected chi connectivity index (χ2v) is 6.73. The monoisotopic (exact) mass is 337 g/mol. The molecule has 0 bridgehead atoms. The van der Waals surface area contributed by atoms with E-state index in [1.807, 2.05) is 43.5 Å². The molecule has 0 saturated heterocycles. The molecule has 1 aliphatic heterocycles. The summed E-state index contributed by atoms with van der Waals surface area (Å²) in [5.74, 6) is -0.223. The van der Waals surface area contributed by atoms with Crippen molar-refractivity contribution in [1.29, 1.82) is 0 Å². The van der Waals surface area contributed by atoms with Crippen molar-refractivity contribution in [3.63, 3.8) is 0 Å². The molecule has 0 aliphatic carbocycles. The second kappa shape index (κ2) is 5.53. The molecular weight excluding hydrogens is 322 g/mol. The van der Waals surface area contributed by atoms with Crippen LogP contribution in [-0.4, -0.2) is 12.2 Å². The van der Waals surface area contributed by atoms with Gasteiger partial charge in [-0.15, -0.1) is 11.8 Å². The second-order valence-electron chi connectivity index (χ2n) is 5.85. The third-order valence-electron chi connectivity index (χ3n) is 4.30. The van der Waals surface area contributed by atoms with Gasteiger partial charge in [0, 0.05) is 4.90 Å². The molecule has 1 amide bonds. The molecule has 1 N–H and O–H groups in total.